The Kier molecular flexibility index (Phi) is 5.84. The van der Waals surface area contributed by atoms with Crippen LogP contribution in [0.25, 0.3) is 11.0 Å². The van der Waals surface area contributed by atoms with Crippen LogP contribution in [0, 0.1) is 6.92 Å². The molecule has 30 heavy (non-hydrogen) atoms. The molecule has 0 saturated heterocycles. The number of ether oxygens (including phenoxy) is 1. The quantitative estimate of drug-likeness (QED) is 0.425. The van der Waals surface area contributed by atoms with Crippen molar-refractivity contribution in [3.63, 3.8) is 0 Å². The standard InChI is InChI=1S/C24H25N3O3/c1-17-9-3-6-12-21(17)29-16-8-14-27-20-11-5-4-10-19(20)26-23(27)18(2)25-24(28)22-13-7-15-30-22/h3-7,9-13,15,18H,8,14,16H2,1-2H3,(H,25,28)/t18-/m0/s1. The van der Waals surface area contributed by atoms with Gasteiger partial charge in [0, 0.05) is 6.54 Å². The predicted octanol–water partition coefficient (Wildman–Crippen LogP) is 4.90. The van der Waals surface area contributed by atoms with Crippen LogP contribution in [0.15, 0.2) is 71.3 Å². The van der Waals surface area contributed by atoms with Gasteiger partial charge in [0.15, 0.2) is 5.76 Å². The number of hydrogen-bond donors (Lipinski definition) is 1. The minimum atomic E-state index is -0.271. The highest BCUT2D eigenvalue weighted by Crippen LogP contribution is 2.22. The third-order valence-corrected chi connectivity index (χ3v) is 5.04. The molecule has 4 rings (SSSR count). The van der Waals surface area contributed by atoms with Gasteiger partial charge in [-0.15, -0.1) is 0 Å². The van der Waals surface area contributed by atoms with Gasteiger partial charge in [-0.1, -0.05) is 30.3 Å². The molecule has 4 aromatic rings. The Morgan fingerprint density at radius 3 is 2.73 bits per heavy atom. The number of aryl methyl sites for hydroxylation is 2. The molecular weight excluding hydrogens is 378 g/mol. The maximum Gasteiger partial charge on any atom is 0.287 e. The van der Waals surface area contributed by atoms with Gasteiger partial charge in [0.2, 0.25) is 0 Å². The highest BCUT2D eigenvalue weighted by atomic mass is 16.5. The van der Waals surface area contributed by atoms with E-state index in [0.29, 0.717) is 6.61 Å². The fourth-order valence-electron chi connectivity index (χ4n) is 3.52. The molecule has 6 nitrogen and oxygen atoms in total. The Labute approximate surface area is 175 Å². The number of benzene rings is 2. The van der Waals surface area contributed by atoms with Crippen LogP contribution in [0.2, 0.25) is 0 Å². The van der Waals surface area contributed by atoms with Crippen molar-refractivity contribution in [2.75, 3.05) is 6.61 Å². The number of carbonyl (C=O) groups excluding carboxylic acids is 1. The van der Waals surface area contributed by atoms with E-state index in [9.17, 15) is 4.79 Å². The molecular formula is C24H25N3O3. The number of nitrogens with zero attached hydrogens (tertiary/aromatic N) is 2. The molecule has 2 heterocycles. The maximum absolute atomic E-state index is 12.4. The molecule has 1 N–H and O–H groups in total. The van der Waals surface area contributed by atoms with E-state index in [4.69, 9.17) is 14.1 Å². The number of carbonyl (C=O) groups is 1. The summed E-state index contributed by atoms with van der Waals surface area (Å²) < 4.78 is 13.3. The lowest BCUT2D eigenvalue weighted by Gasteiger charge is -2.16. The summed E-state index contributed by atoms with van der Waals surface area (Å²) in [7, 11) is 0. The maximum atomic E-state index is 12.4. The van der Waals surface area contributed by atoms with Crippen molar-refractivity contribution in [1.29, 1.82) is 0 Å². The first kappa shape index (κ1) is 19.8. The zero-order valence-electron chi connectivity index (χ0n) is 17.2. The average Bonchev–Trinajstić information content (AvgIpc) is 3.41. The third kappa shape index (κ3) is 4.22. The molecule has 2 aromatic heterocycles. The summed E-state index contributed by atoms with van der Waals surface area (Å²) in [5.41, 5.74) is 3.08. The van der Waals surface area contributed by atoms with E-state index in [1.807, 2.05) is 56.3 Å². The van der Waals surface area contributed by atoms with Crippen molar-refractivity contribution >= 4 is 16.9 Å². The molecule has 0 spiro atoms. The van der Waals surface area contributed by atoms with Crippen molar-refractivity contribution in [2.24, 2.45) is 0 Å². The van der Waals surface area contributed by atoms with Gasteiger partial charge in [-0.25, -0.2) is 4.98 Å². The minimum absolute atomic E-state index is 0.256. The Bertz CT molecular complexity index is 1130. The van der Waals surface area contributed by atoms with E-state index in [1.165, 1.54) is 6.26 Å². The molecule has 1 atom stereocenters. The fraction of sp³-hybridized carbons (Fsp3) is 0.250. The lowest BCUT2D eigenvalue weighted by molar-refractivity contribution is 0.0909. The number of nitrogens with one attached hydrogen (secondary N) is 1. The molecule has 0 aliphatic heterocycles. The van der Waals surface area contributed by atoms with Crippen LogP contribution in [0.4, 0.5) is 0 Å². The van der Waals surface area contributed by atoms with E-state index in [0.717, 1.165) is 41.1 Å². The van der Waals surface area contributed by atoms with Crippen LogP contribution >= 0.6 is 0 Å². The first-order chi connectivity index (χ1) is 14.6. The summed E-state index contributed by atoms with van der Waals surface area (Å²) in [6.45, 7) is 5.31. The largest absolute Gasteiger partial charge is 0.493 e. The highest BCUT2D eigenvalue weighted by Gasteiger charge is 2.20. The van der Waals surface area contributed by atoms with Crippen LogP contribution in [0.3, 0.4) is 0 Å². The van der Waals surface area contributed by atoms with Gasteiger partial charge < -0.3 is 19.0 Å². The number of fused-ring (bicyclic) bond motifs is 1. The summed E-state index contributed by atoms with van der Waals surface area (Å²) in [6, 6.07) is 19.1. The van der Waals surface area contributed by atoms with Crippen molar-refractivity contribution in [1.82, 2.24) is 14.9 Å². The van der Waals surface area contributed by atoms with E-state index < -0.39 is 0 Å². The number of imidazole rings is 1. The van der Waals surface area contributed by atoms with Crippen molar-refractivity contribution in [3.05, 3.63) is 84.1 Å². The van der Waals surface area contributed by atoms with Crippen molar-refractivity contribution in [2.45, 2.75) is 32.9 Å². The van der Waals surface area contributed by atoms with Crippen LogP contribution in [0.1, 0.15) is 41.3 Å². The molecule has 6 heteroatoms. The number of hydrogen-bond acceptors (Lipinski definition) is 4. The van der Waals surface area contributed by atoms with E-state index in [2.05, 4.69) is 16.0 Å². The second kappa shape index (κ2) is 8.86. The monoisotopic (exact) mass is 403 g/mol. The number of furan rings is 1. The zero-order chi connectivity index (χ0) is 20.9. The Morgan fingerprint density at radius 1 is 1.13 bits per heavy atom. The minimum Gasteiger partial charge on any atom is -0.493 e. The van der Waals surface area contributed by atoms with Gasteiger partial charge in [0.05, 0.1) is 29.9 Å². The van der Waals surface area contributed by atoms with Crippen molar-refractivity contribution < 1.29 is 13.9 Å². The third-order valence-electron chi connectivity index (χ3n) is 5.04. The van der Waals surface area contributed by atoms with Gasteiger partial charge >= 0.3 is 0 Å². The number of amides is 1. The Morgan fingerprint density at radius 2 is 1.93 bits per heavy atom. The van der Waals surface area contributed by atoms with Gasteiger partial charge in [-0.05, 0) is 56.2 Å². The number of aromatic nitrogens is 2. The number of para-hydroxylation sites is 3. The number of rotatable bonds is 8. The Balaban J connectivity index is 1.48. The summed E-state index contributed by atoms with van der Waals surface area (Å²) >= 11 is 0. The second-order valence-electron chi connectivity index (χ2n) is 7.25. The molecule has 0 bridgehead atoms. The van der Waals surface area contributed by atoms with Crippen molar-refractivity contribution in [3.8, 4) is 5.75 Å². The lowest BCUT2D eigenvalue weighted by atomic mass is 10.2. The molecule has 0 aliphatic carbocycles. The first-order valence-electron chi connectivity index (χ1n) is 10.1. The summed E-state index contributed by atoms with van der Waals surface area (Å²) in [6.07, 6.45) is 2.31. The SMILES string of the molecule is Cc1ccccc1OCCCn1c([C@H](C)NC(=O)c2ccco2)nc2ccccc21. The Hall–Kier alpha value is -3.54. The second-order valence-corrected chi connectivity index (χ2v) is 7.25. The summed E-state index contributed by atoms with van der Waals surface area (Å²) in [5, 5.41) is 2.98. The molecule has 0 radical (unpaired) electrons. The summed E-state index contributed by atoms with van der Waals surface area (Å²) in [4.78, 5) is 17.2. The van der Waals surface area contributed by atoms with Gasteiger partial charge in [0.1, 0.15) is 11.6 Å². The molecule has 0 aliphatic rings. The van der Waals surface area contributed by atoms with E-state index in [1.54, 1.807) is 12.1 Å². The summed E-state index contributed by atoms with van der Waals surface area (Å²) in [5.74, 6) is 1.75. The molecule has 2 aromatic carbocycles. The van der Waals surface area contributed by atoms with Gasteiger partial charge in [0.25, 0.3) is 5.91 Å². The molecule has 1 amide bonds. The smallest absolute Gasteiger partial charge is 0.287 e. The average molecular weight is 403 g/mol. The molecule has 0 fully saturated rings. The zero-order valence-corrected chi connectivity index (χ0v) is 17.2. The lowest BCUT2D eigenvalue weighted by Crippen LogP contribution is -2.28. The fourth-order valence-corrected chi connectivity index (χ4v) is 3.52. The topological polar surface area (TPSA) is 69.3 Å². The van der Waals surface area contributed by atoms with Gasteiger partial charge in [-0.3, -0.25) is 4.79 Å². The highest BCUT2D eigenvalue weighted by molar-refractivity contribution is 5.91. The van der Waals surface area contributed by atoms with E-state index >= 15 is 0 Å². The van der Waals surface area contributed by atoms with Crippen LogP contribution in [-0.2, 0) is 6.54 Å². The van der Waals surface area contributed by atoms with Gasteiger partial charge in [-0.2, -0.15) is 0 Å². The van der Waals surface area contributed by atoms with Crippen LogP contribution in [0.5, 0.6) is 5.75 Å². The first-order valence-corrected chi connectivity index (χ1v) is 10.1. The molecule has 0 unspecified atom stereocenters. The van der Waals surface area contributed by atoms with Crippen LogP contribution in [-0.4, -0.2) is 22.1 Å². The van der Waals surface area contributed by atoms with Crippen LogP contribution < -0.4 is 10.1 Å². The van der Waals surface area contributed by atoms with E-state index in [-0.39, 0.29) is 17.7 Å². The molecule has 154 valence electrons. The predicted molar refractivity (Wildman–Crippen MR) is 116 cm³/mol. The normalized spacial score (nSPS) is 12.1. The molecule has 0 saturated carbocycles.